The van der Waals surface area contributed by atoms with Crippen LogP contribution in [0.3, 0.4) is 0 Å². The fraction of sp³-hybridized carbons (Fsp3) is 0.143. The number of carbonyl (C=O) groups is 2. The Morgan fingerprint density at radius 1 is 1.32 bits per heavy atom. The van der Waals surface area contributed by atoms with Crippen molar-refractivity contribution >= 4 is 28.4 Å². The van der Waals surface area contributed by atoms with E-state index < -0.39 is 11.8 Å². The lowest BCUT2D eigenvalue weighted by molar-refractivity contribution is -0.149. The molecule has 0 amide bonds. The molecule has 1 heterocycles. The maximum Gasteiger partial charge on any atom is 0.378 e. The number of para-hydroxylation sites is 1. The number of carbonyl (C=O) groups excluding carboxylic acids is 2. The van der Waals surface area contributed by atoms with Crippen molar-refractivity contribution in [1.29, 1.82) is 0 Å². The number of esters is 1. The number of aliphatic hydroxyl groups excluding tert-OH is 1. The van der Waals surface area contributed by atoms with Gasteiger partial charge in [0, 0.05) is 28.2 Å². The molecule has 0 aliphatic rings. The molecule has 2 rings (SSSR count). The van der Waals surface area contributed by atoms with Crippen molar-refractivity contribution in [3.8, 4) is 0 Å². The molecule has 1 aromatic carbocycles. The minimum atomic E-state index is -1.01. The summed E-state index contributed by atoms with van der Waals surface area (Å²) in [5.74, 6) is -2.17. The molecule has 0 aliphatic carbocycles. The molecule has 1 aromatic heterocycles. The number of benzene rings is 1. The van der Waals surface area contributed by atoms with Gasteiger partial charge in [0.1, 0.15) is 5.76 Å². The molecule has 0 saturated heterocycles. The van der Waals surface area contributed by atoms with Gasteiger partial charge in [-0.1, -0.05) is 18.2 Å². The van der Waals surface area contributed by atoms with Crippen LogP contribution in [0.15, 0.2) is 30.3 Å². The second kappa shape index (κ2) is 4.97. The zero-order valence-electron chi connectivity index (χ0n) is 10.6. The van der Waals surface area contributed by atoms with Crippen LogP contribution in [0.2, 0.25) is 0 Å². The van der Waals surface area contributed by atoms with Gasteiger partial charge in [0.25, 0.3) is 5.78 Å². The maximum atomic E-state index is 11.4. The third kappa shape index (κ3) is 2.35. The molecule has 0 unspecified atom stereocenters. The highest BCUT2D eigenvalue weighted by Crippen LogP contribution is 2.26. The predicted molar refractivity (Wildman–Crippen MR) is 70.7 cm³/mol. The number of hydrogen-bond acceptors (Lipinski definition) is 4. The van der Waals surface area contributed by atoms with Gasteiger partial charge in [0.05, 0.1) is 7.11 Å². The van der Waals surface area contributed by atoms with Crippen LogP contribution in [0.4, 0.5) is 0 Å². The summed E-state index contributed by atoms with van der Waals surface area (Å²) >= 11 is 0. The molecule has 0 radical (unpaired) electrons. The van der Waals surface area contributed by atoms with Crippen molar-refractivity contribution in [1.82, 2.24) is 4.98 Å². The third-order valence-electron chi connectivity index (χ3n) is 2.80. The molecule has 5 heteroatoms. The molecule has 2 N–H and O–H groups in total. The van der Waals surface area contributed by atoms with Gasteiger partial charge in [0.2, 0.25) is 0 Å². The van der Waals surface area contributed by atoms with Gasteiger partial charge in [-0.2, -0.15) is 0 Å². The number of aromatic amines is 1. The molecule has 98 valence electrons. The first kappa shape index (κ1) is 12.9. The normalized spacial score (nSPS) is 11.6. The number of aromatic nitrogens is 1. The van der Waals surface area contributed by atoms with Crippen LogP contribution in [0.5, 0.6) is 0 Å². The average Bonchev–Trinajstić information content (AvgIpc) is 2.73. The number of nitrogens with one attached hydrogen (secondary N) is 1. The molecule has 2 aromatic rings. The number of ether oxygens (including phenoxy) is 1. The second-order valence-corrected chi connectivity index (χ2v) is 4.06. The van der Waals surface area contributed by atoms with Crippen LogP contribution < -0.4 is 0 Å². The van der Waals surface area contributed by atoms with Gasteiger partial charge in [-0.3, -0.25) is 4.79 Å². The zero-order chi connectivity index (χ0) is 14.0. The molecular weight excluding hydrogens is 246 g/mol. The van der Waals surface area contributed by atoms with E-state index in [1.54, 1.807) is 6.92 Å². The van der Waals surface area contributed by atoms with Crippen molar-refractivity contribution in [3.05, 3.63) is 41.6 Å². The van der Waals surface area contributed by atoms with Crippen LogP contribution in [0.25, 0.3) is 16.7 Å². The van der Waals surface area contributed by atoms with E-state index >= 15 is 0 Å². The standard InChI is InChI=1S/C14H13NO4/c1-8-13(9-5-3-4-6-10(9)15-8)11(16)7-12(17)14(18)19-2/h3-7,15-16H,1-2H3/b11-7+. The van der Waals surface area contributed by atoms with Crippen LogP contribution in [-0.2, 0) is 14.3 Å². The zero-order valence-corrected chi connectivity index (χ0v) is 10.6. The number of aliphatic hydroxyl groups is 1. The fourth-order valence-electron chi connectivity index (χ4n) is 1.96. The Bertz CT molecular complexity index is 682. The van der Waals surface area contributed by atoms with Crippen LogP contribution in [-0.4, -0.2) is 29.0 Å². The number of ketones is 1. The van der Waals surface area contributed by atoms with Crippen molar-refractivity contribution < 1.29 is 19.4 Å². The smallest absolute Gasteiger partial charge is 0.378 e. The van der Waals surface area contributed by atoms with Crippen molar-refractivity contribution in [2.75, 3.05) is 7.11 Å². The van der Waals surface area contributed by atoms with E-state index in [4.69, 9.17) is 0 Å². The first-order valence-corrected chi connectivity index (χ1v) is 5.65. The molecule has 0 spiro atoms. The summed E-state index contributed by atoms with van der Waals surface area (Å²) in [6.45, 7) is 1.78. The Morgan fingerprint density at radius 2 is 2.00 bits per heavy atom. The average molecular weight is 259 g/mol. The molecule has 19 heavy (non-hydrogen) atoms. The number of aryl methyl sites for hydroxylation is 1. The second-order valence-electron chi connectivity index (χ2n) is 4.06. The highest BCUT2D eigenvalue weighted by molar-refractivity contribution is 6.39. The molecule has 0 aliphatic heterocycles. The Hall–Kier alpha value is -2.56. The highest BCUT2D eigenvalue weighted by Gasteiger charge is 2.16. The quantitative estimate of drug-likeness (QED) is 0.383. The summed E-state index contributed by atoms with van der Waals surface area (Å²) < 4.78 is 4.30. The number of H-pyrrole nitrogens is 1. The molecule has 5 nitrogen and oxygen atoms in total. The van der Waals surface area contributed by atoms with Crippen molar-refractivity contribution in [2.45, 2.75) is 6.92 Å². The molecule has 0 atom stereocenters. The van der Waals surface area contributed by atoms with Gasteiger partial charge in [-0.25, -0.2) is 4.79 Å². The lowest BCUT2D eigenvalue weighted by Gasteiger charge is -2.00. The van der Waals surface area contributed by atoms with Gasteiger partial charge < -0.3 is 14.8 Å². The van der Waals surface area contributed by atoms with E-state index in [1.165, 1.54) is 0 Å². The highest BCUT2D eigenvalue weighted by atomic mass is 16.5. The Balaban J connectivity index is 2.50. The predicted octanol–water partition coefficient (Wildman–Crippen LogP) is 2.12. The minimum Gasteiger partial charge on any atom is -0.507 e. The van der Waals surface area contributed by atoms with E-state index in [2.05, 4.69) is 9.72 Å². The number of rotatable bonds is 3. The largest absolute Gasteiger partial charge is 0.507 e. The maximum absolute atomic E-state index is 11.4. The summed E-state index contributed by atoms with van der Waals surface area (Å²) in [5.41, 5.74) is 2.07. The SMILES string of the molecule is COC(=O)C(=O)/C=C(/O)c1c(C)[nH]c2ccccc12. The van der Waals surface area contributed by atoms with Crippen molar-refractivity contribution in [3.63, 3.8) is 0 Å². The fourth-order valence-corrected chi connectivity index (χ4v) is 1.96. The van der Waals surface area contributed by atoms with E-state index in [1.807, 2.05) is 24.3 Å². The summed E-state index contributed by atoms with van der Waals surface area (Å²) in [6, 6.07) is 7.37. The summed E-state index contributed by atoms with van der Waals surface area (Å²) in [7, 11) is 1.11. The summed E-state index contributed by atoms with van der Waals surface area (Å²) in [5, 5.41) is 10.8. The summed E-state index contributed by atoms with van der Waals surface area (Å²) in [4.78, 5) is 25.5. The first-order valence-electron chi connectivity index (χ1n) is 5.65. The van der Waals surface area contributed by atoms with Gasteiger partial charge >= 0.3 is 5.97 Å². The first-order chi connectivity index (χ1) is 9.04. The third-order valence-corrected chi connectivity index (χ3v) is 2.80. The molecule has 0 bridgehead atoms. The lowest BCUT2D eigenvalue weighted by Crippen LogP contribution is -2.13. The number of hydrogen-bond donors (Lipinski definition) is 2. The molecule has 0 fully saturated rings. The number of fused-ring (bicyclic) bond motifs is 1. The Labute approximate surface area is 109 Å². The van der Waals surface area contributed by atoms with Crippen molar-refractivity contribution in [2.24, 2.45) is 0 Å². The van der Waals surface area contributed by atoms with Crippen LogP contribution in [0.1, 0.15) is 11.3 Å². The van der Waals surface area contributed by atoms with E-state index in [0.29, 0.717) is 11.3 Å². The van der Waals surface area contributed by atoms with Crippen LogP contribution in [0, 0.1) is 6.92 Å². The lowest BCUT2D eigenvalue weighted by atomic mass is 10.1. The molecule has 0 saturated carbocycles. The monoisotopic (exact) mass is 259 g/mol. The van der Waals surface area contributed by atoms with E-state index in [9.17, 15) is 14.7 Å². The van der Waals surface area contributed by atoms with Gasteiger partial charge in [-0.15, -0.1) is 0 Å². The topological polar surface area (TPSA) is 79.4 Å². The van der Waals surface area contributed by atoms with E-state index in [0.717, 1.165) is 24.1 Å². The number of methoxy groups -OCH3 is 1. The summed E-state index contributed by atoms with van der Waals surface area (Å²) in [6.07, 6.45) is 0.869. The minimum absolute atomic E-state index is 0.259. The Morgan fingerprint density at radius 3 is 2.68 bits per heavy atom. The van der Waals surface area contributed by atoms with Crippen LogP contribution >= 0.6 is 0 Å². The van der Waals surface area contributed by atoms with Gasteiger partial charge in [0.15, 0.2) is 0 Å². The molecular formula is C14H13NO4. The van der Waals surface area contributed by atoms with Gasteiger partial charge in [-0.05, 0) is 13.0 Å². The van der Waals surface area contributed by atoms with E-state index in [-0.39, 0.29) is 5.76 Å². The Kier molecular flexibility index (Phi) is 3.37.